The van der Waals surface area contributed by atoms with Crippen LogP contribution in [-0.4, -0.2) is 32.8 Å². The van der Waals surface area contributed by atoms with E-state index in [4.69, 9.17) is 16.7 Å². The number of aryl methyl sites for hydroxylation is 1. The largest absolute Gasteiger partial charge is 0.481 e. The second-order valence-corrected chi connectivity index (χ2v) is 5.42. The molecule has 2 rings (SSSR count). The van der Waals surface area contributed by atoms with Crippen LogP contribution in [0.3, 0.4) is 0 Å². The van der Waals surface area contributed by atoms with E-state index in [1.165, 1.54) is 6.20 Å². The molecule has 0 bridgehead atoms. The van der Waals surface area contributed by atoms with Crippen molar-refractivity contribution in [1.29, 1.82) is 0 Å². The lowest BCUT2D eigenvalue weighted by molar-refractivity contribution is -0.142. The van der Waals surface area contributed by atoms with Crippen molar-refractivity contribution in [3.8, 4) is 0 Å². The highest BCUT2D eigenvalue weighted by Gasteiger charge is 2.28. The van der Waals surface area contributed by atoms with Gasteiger partial charge in [0.05, 0.1) is 17.1 Å². The number of nitrogens with zero attached hydrogens (tertiary/aromatic N) is 2. The summed E-state index contributed by atoms with van der Waals surface area (Å²) in [5.74, 6) is -1.28. The third-order valence-electron chi connectivity index (χ3n) is 3.72. The molecule has 2 N–H and O–H groups in total. The van der Waals surface area contributed by atoms with Crippen LogP contribution in [0.2, 0.25) is 5.02 Å². The van der Waals surface area contributed by atoms with Gasteiger partial charge in [-0.3, -0.25) is 14.3 Å². The first-order valence-electron chi connectivity index (χ1n) is 6.77. The SMILES string of the molecule is CCn1ncc(Cl)c1C(=O)NC1CCC(C(=O)O)CC1. The minimum Gasteiger partial charge on any atom is -0.481 e. The predicted molar refractivity (Wildman–Crippen MR) is 73.8 cm³/mol. The van der Waals surface area contributed by atoms with Crippen LogP contribution in [0.5, 0.6) is 0 Å². The fourth-order valence-corrected chi connectivity index (χ4v) is 2.79. The van der Waals surface area contributed by atoms with Gasteiger partial charge in [-0.1, -0.05) is 11.6 Å². The molecule has 0 spiro atoms. The van der Waals surface area contributed by atoms with E-state index in [9.17, 15) is 9.59 Å². The normalized spacial score (nSPS) is 22.5. The number of hydrogen-bond acceptors (Lipinski definition) is 3. The van der Waals surface area contributed by atoms with Crippen molar-refractivity contribution in [2.75, 3.05) is 0 Å². The number of aliphatic carboxylic acids is 1. The van der Waals surface area contributed by atoms with E-state index < -0.39 is 5.97 Å². The summed E-state index contributed by atoms with van der Waals surface area (Å²) in [6, 6.07) is 0.00868. The Kier molecular flexibility index (Phi) is 4.65. The van der Waals surface area contributed by atoms with E-state index in [0.29, 0.717) is 42.9 Å². The van der Waals surface area contributed by atoms with Gasteiger partial charge < -0.3 is 10.4 Å². The lowest BCUT2D eigenvalue weighted by Gasteiger charge is -2.26. The summed E-state index contributed by atoms with van der Waals surface area (Å²) < 4.78 is 1.56. The molecule has 0 radical (unpaired) electrons. The molecule has 1 aromatic rings. The molecule has 1 fully saturated rings. The summed E-state index contributed by atoms with van der Waals surface area (Å²) in [5, 5.41) is 16.2. The number of carboxylic acid groups (broad SMARTS) is 1. The van der Waals surface area contributed by atoms with E-state index in [-0.39, 0.29) is 17.9 Å². The molecule has 110 valence electrons. The topological polar surface area (TPSA) is 84.2 Å². The Morgan fingerprint density at radius 2 is 2.10 bits per heavy atom. The Morgan fingerprint density at radius 1 is 1.45 bits per heavy atom. The van der Waals surface area contributed by atoms with Crippen LogP contribution in [0, 0.1) is 5.92 Å². The summed E-state index contributed by atoms with van der Waals surface area (Å²) in [6.45, 7) is 2.46. The quantitative estimate of drug-likeness (QED) is 0.889. The molecule has 1 saturated carbocycles. The molecule has 0 aliphatic heterocycles. The van der Waals surface area contributed by atoms with Crippen molar-refractivity contribution in [2.24, 2.45) is 5.92 Å². The van der Waals surface area contributed by atoms with Crippen LogP contribution in [0.25, 0.3) is 0 Å². The molecular formula is C13H18ClN3O3. The van der Waals surface area contributed by atoms with Gasteiger partial charge in [-0.2, -0.15) is 5.10 Å². The number of halogens is 1. The van der Waals surface area contributed by atoms with Gasteiger partial charge >= 0.3 is 5.97 Å². The van der Waals surface area contributed by atoms with E-state index in [0.717, 1.165) is 0 Å². The van der Waals surface area contributed by atoms with Gasteiger partial charge in [0.2, 0.25) is 0 Å². The highest BCUT2D eigenvalue weighted by atomic mass is 35.5. The Balaban J connectivity index is 1.96. The van der Waals surface area contributed by atoms with Crippen LogP contribution in [-0.2, 0) is 11.3 Å². The first-order chi connectivity index (χ1) is 9.52. The van der Waals surface area contributed by atoms with Gasteiger partial charge in [0.1, 0.15) is 5.69 Å². The highest BCUT2D eigenvalue weighted by molar-refractivity contribution is 6.33. The summed E-state index contributed by atoms with van der Waals surface area (Å²) in [7, 11) is 0. The van der Waals surface area contributed by atoms with E-state index in [1.54, 1.807) is 4.68 Å². The smallest absolute Gasteiger partial charge is 0.306 e. The molecule has 0 atom stereocenters. The van der Waals surface area contributed by atoms with Crippen LogP contribution >= 0.6 is 11.6 Å². The third-order valence-corrected chi connectivity index (χ3v) is 4.00. The van der Waals surface area contributed by atoms with Gasteiger partial charge in [-0.25, -0.2) is 0 Å². The number of nitrogens with one attached hydrogen (secondary N) is 1. The first kappa shape index (κ1) is 14.8. The van der Waals surface area contributed by atoms with E-state index >= 15 is 0 Å². The molecule has 7 heteroatoms. The maximum atomic E-state index is 12.2. The number of rotatable bonds is 4. The summed E-state index contributed by atoms with van der Waals surface area (Å²) in [6.07, 6.45) is 4.02. The molecule has 1 amide bonds. The average Bonchev–Trinajstić information content (AvgIpc) is 2.80. The summed E-state index contributed by atoms with van der Waals surface area (Å²) in [4.78, 5) is 23.1. The van der Waals surface area contributed by atoms with Crippen LogP contribution in [0.4, 0.5) is 0 Å². The number of carboxylic acids is 1. The third kappa shape index (κ3) is 3.12. The molecular weight excluding hydrogens is 282 g/mol. The second kappa shape index (κ2) is 6.26. The fourth-order valence-electron chi connectivity index (χ4n) is 2.57. The summed E-state index contributed by atoms with van der Waals surface area (Å²) in [5.41, 5.74) is 0.370. The van der Waals surface area contributed by atoms with Gasteiger partial charge in [0, 0.05) is 12.6 Å². The number of carbonyl (C=O) groups is 2. The Bertz CT molecular complexity index is 507. The van der Waals surface area contributed by atoms with Crippen LogP contribution in [0.15, 0.2) is 6.20 Å². The first-order valence-corrected chi connectivity index (χ1v) is 7.15. The van der Waals surface area contributed by atoms with Gasteiger partial charge in [0.15, 0.2) is 0 Å². The van der Waals surface area contributed by atoms with Gasteiger partial charge in [-0.05, 0) is 32.6 Å². The van der Waals surface area contributed by atoms with Crippen molar-refractivity contribution in [3.63, 3.8) is 0 Å². The molecule has 0 unspecified atom stereocenters. The molecule has 6 nitrogen and oxygen atoms in total. The minimum atomic E-state index is -0.748. The molecule has 1 aliphatic carbocycles. The number of amides is 1. The van der Waals surface area contributed by atoms with Crippen molar-refractivity contribution in [3.05, 3.63) is 16.9 Å². The number of hydrogen-bond donors (Lipinski definition) is 2. The number of carbonyl (C=O) groups excluding carboxylic acids is 1. The molecule has 20 heavy (non-hydrogen) atoms. The predicted octanol–water partition coefficient (Wildman–Crippen LogP) is 1.93. The van der Waals surface area contributed by atoms with E-state index in [2.05, 4.69) is 10.4 Å². The average molecular weight is 300 g/mol. The van der Waals surface area contributed by atoms with Crippen molar-refractivity contribution < 1.29 is 14.7 Å². The number of aromatic nitrogens is 2. The zero-order chi connectivity index (χ0) is 14.7. The van der Waals surface area contributed by atoms with Gasteiger partial charge in [-0.15, -0.1) is 0 Å². The zero-order valence-corrected chi connectivity index (χ0v) is 12.1. The molecule has 1 heterocycles. The van der Waals surface area contributed by atoms with Crippen molar-refractivity contribution >= 4 is 23.5 Å². The van der Waals surface area contributed by atoms with Crippen LogP contribution < -0.4 is 5.32 Å². The molecule has 1 aromatic heterocycles. The molecule has 0 saturated heterocycles. The monoisotopic (exact) mass is 299 g/mol. The standard InChI is InChI=1S/C13H18ClN3O3/c1-2-17-11(10(14)7-15-17)12(18)16-9-5-3-8(4-6-9)13(19)20/h7-9H,2-6H2,1H3,(H,16,18)(H,19,20). The molecule has 1 aliphatic rings. The second-order valence-electron chi connectivity index (χ2n) is 5.02. The molecule has 0 aromatic carbocycles. The Labute approximate surface area is 122 Å². The minimum absolute atomic E-state index is 0.00868. The van der Waals surface area contributed by atoms with Crippen molar-refractivity contribution in [2.45, 2.75) is 45.2 Å². The van der Waals surface area contributed by atoms with E-state index in [1.807, 2.05) is 6.92 Å². The highest BCUT2D eigenvalue weighted by Crippen LogP contribution is 2.25. The summed E-state index contributed by atoms with van der Waals surface area (Å²) >= 11 is 5.98. The zero-order valence-electron chi connectivity index (χ0n) is 11.3. The maximum absolute atomic E-state index is 12.2. The van der Waals surface area contributed by atoms with Crippen molar-refractivity contribution in [1.82, 2.24) is 15.1 Å². The fraction of sp³-hybridized carbons (Fsp3) is 0.615. The lowest BCUT2D eigenvalue weighted by atomic mass is 9.86. The van der Waals surface area contributed by atoms with Gasteiger partial charge in [0.25, 0.3) is 5.91 Å². The van der Waals surface area contributed by atoms with Crippen LogP contribution in [0.1, 0.15) is 43.1 Å². The lowest BCUT2D eigenvalue weighted by Crippen LogP contribution is -2.39. The maximum Gasteiger partial charge on any atom is 0.306 e. The Hall–Kier alpha value is -1.56. The Morgan fingerprint density at radius 3 is 2.65 bits per heavy atom.